The number of carbonyl (C=O) groups excluding carboxylic acids is 1. The van der Waals surface area contributed by atoms with E-state index in [9.17, 15) is 4.79 Å². The number of ether oxygens (including phenoxy) is 1. The molecule has 1 amide bonds. The van der Waals surface area contributed by atoms with Crippen LogP contribution in [0.5, 0.6) is 0 Å². The number of carbonyl (C=O) groups is 1. The number of aromatic amines is 1. The molecular weight excluding hydrogens is 292 g/mol. The van der Waals surface area contributed by atoms with Gasteiger partial charge in [0.05, 0.1) is 30.1 Å². The van der Waals surface area contributed by atoms with Gasteiger partial charge < -0.3 is 19.9 Å². The van der Waals surface area contributed by atoms with Gasteiger partial charge in [-0.1, -0.05) is 12.1 Å². The molecule has 3 rings (SSSR count). The number of rotatable bonds is 6. The highest BCUT2D eigenvalue weighted by Crippen LogP contribution is 2.17. The fourth-order valence-corrected chi connectivity index (χ4v) is 3.10. The molecule has 1 saturated heterocycles. The highest BCUT2D eigenvalue weighted by atomic mass is 16.5. The third-order valence-electron chi connectivity index (χ3n) is 4.45. The number of para-hydroxylation sites is 1. The van der Waals surface area contributed by atoms with E-state index in [0.717, 1.165) is 48.5 Å². The fraction of sp³-hybridized carbons (Fsp3) is 0.529. The average Bonchev–Trinajstić information content (AvgIpc) is 3.18. The third-order valence-corrected chi connectivity index (χ3v) is 4.45. The maximum atomic E-state index is 12.3. The van der Waals surface area contributed by atoms with Crippen molar-refractivity contribution in [2.75, 3.05) is 33.4 Å². The highest BCUT2D eigenvalue weighted by Gasteiger charge is 2.27. The van der Waals surface area contributed by atoms with Gasteiger partial charge in [0.2, 0.25) is 5.91 Å². The van der Waals surface area contributed by atoms with Crippen molar-refractivity contribution in [1.29, 1.82) is 0 Å². The zero-order chi connectivity index (χ0) is 16.2. The SMILES string of the molecule is COCCN1CC[C@@H](C(=O)NCc2nc3c(C)cccc3[nH]2)C1. The number of likely N-dealkylation sites (tertiary alicyclic amines) is 1. The van der Waals surface area contributed by atoms with Gasteiger partial charge in [-0.25, -0.2) is 4.98 Å². The van der Waals surface area contributed by atoms with Gasteiger partial charge in [0.25, 0.3) is 0 Å². The van der Waals surface area contributed by atoms with E-state index in [1.807, 2.05) is 25.1 Å². The van der Waals surface area contributed by atoms with Gasteiger partial charge in [-0.3, -0.25) is 4.79 Å². The number of aryl methyl sites for hydroxylation is 1. The quantitative estimate of drug-likeness (QED) is 0.846. The topological polar surface area (TPSA) is 70.2 Å². The van der Waals surface area contributed by atoms with Crippen LogP contribution in [0.3, 0.4) is 0 Å². The second-order valence-electron chi connectivity index (χ2n) is 6.15. The van der Waals surface area contributed by atoms with Crippen LogP contribution < -0.4 is 5.32 Å². The number of aromatic nitrogens is 2. The Morgan fingerprint density at radius 1 is 1.52 bits per heavy atom. The van der Waals surface area contributed by atoms with Crippen LogP contribution in [0.2, 0.25) is 0 Å². The number of H-pyrrole nitrogens is 1. The van der Waals surface area contributed by atoms with Crippen molar-refractivity contribution in [1.82, 2.24) is 20.2 Å². The summed E-state index contributed by atoms with van der Waals surface area (Å²) in [7, 11) is 1.70. The van der Waals surface area contributed by atoms with Crippen LogP contribution >= 0.6 is 0 Å². The molecule has 1 atom stereocenters. The van der Waals surface area contributed by atoms with Crippen molar-refractivity contribution >= 4 is 16.9 Å². The highest BCUT2D eigenvalue weighted by molar-refractivity contribution is 5.80. The number of imidazole rings is 1. The molecule has 2 heterocycles. The summed E-state index contributed by atoms with van der Waals surface area (Å²) in [5.74, 6) is 0.983. The minimum Gasteiger partial charge on any atom is -0.383 e. The van der Waals surface area contributed by atoms with E-state index in [0.29, 0.717) is 13.2 Å². The van der Waals surface area contributed by atoms with E-state index in [2.05, 4.69) is 20.2 Å². The zero-order valence-corrected chi connectivity index (χ0v) is 13.8. The average molecular weight is 316 g/mol. The van der Waals surface area contributed by atoms with Crippen LogP contribution in [0.25, 0.3) is 11.0 Å². The largest absolute Gasteiger partial charge is 0.383 e. The molecule has 23 heavy (non-hydrogen) atoms. The number of nitrogens with one attached hydrogen (secondary N) is 2. The predicted octanol–water partition coefficient (Wildman–Crippen LogP) is 1.46. The van der Waals surface area contributed by atoms with Gasteiger partial charge in [0.1, 0.15) is 5.82 Å². The van der Waals surface area contributed by atoms with Gasteiger partial charge in [0, 0.05) is 20.2 Å². The Morgan fingerprint density at radius 2 is 2.39 bits per heavy atom. The fourth-order valence-electron chi connectivity index (χ4n) is 3.10. The Labute approximate surface area is 136 Å². The lowest BCUT2D eigenvalue weighted by Crippen LogP contribution is -2.33. The monoisotopic (exact) mass is 316 g/mol. The van der Waals surface area contributed by atoms with Crippen LogP contribution in [0.15, 0.2) is 18.2 Å². The van der Waals surface area contributed by atoms with E-state index in [1.165, 1.54) is 0 Å². The predicted molar refractivity (Wildman–Crippen MR) is 89.1 cm³/mol. The van der Waals surface area contributed by atoms with E-state index in [-0.39, 0.29) is 11.8 Å². The van der Waals surface area contributed by atoms with Crippen molar-refractivity contribution < 1.29 is 9.53 Å². The van der Waals surface area contributed by atoms with Gasteiger partial charge >= 0.3 is 0 Å². The molecule has 1 aliphatic heterocycles. The summed E-state index contributed by atoms with van der Waals surface area (Å²) in [6.45, 7) is 5.87. The molecule has 0 bridgehead atoms. The molecular formula is C17H24N4O2. The summed E-state index contributed by atoms with van der Waals surface area (Å²) in [6.07, 6.45) is 0.911. The van der Waals surface area contributed by atoms with Crippen molar-refractivity contribution in [3.63, 3.8) is 0 Å². The Morgan fingerprint density at radius 3 is 3.17 bits per heavy atom. The molecule has 1 aromatic heterocycles. The summed E-state index contributed by atoms with van der Waals surface area (Å²) in [5.41, 5.74) is 3.13. The summed E-state index contributed by atoms with van der Waals surface area (Å²) in [4.78, 5) is 22.4. The smallest absolute Gasteiger partial charge is 0.224 e. The van der Waals surface area contributed by atoms with Crippen LogP contribution in [-0.4, -0.2) is 54.1 Å². The standard InChI is InChI=1S/C17H24N4O2/c1-12-4-3-5-14-16(12)20-15(19-14)10-18-17(22)13-6-7-21(11-13)8-9-23-2/h3-5,13H,6-11H2,1-2H3,(H,18,22)(H,19,20)/t13-/m1/s1. The number of amides is 1. The van der Waals surface area contributed by atoms with Crippen molar-refractivity contribution in [2.45, 2.75) is 19.9 Å². The molecule has 0 unspecified atom stereocenters. The van der Waals surface area contributed by atoms with E-state index < -0.39 is 0 Å². The first-order valence-corrected chi connectivity index (χ1v) is 8.10. The third kappa shape index (κ3) is 3.71. The van der Waals surface area contributed by atoms with Crippen LogP contribution in [-0.2, 0) is 16.1 Å². The van der Waals surface area contributed by atoms with Crippen LogP contribution in [0.1, 0.15) is 17.8 Å². The number of hydrogen-bond acceptors (Lipinski definition) is 4. The lowest BCUT2D eigenvalue weighted by molar-refractivity contribution is -0.124. The van der Waals surface area contributed by atoms with E-state index in [4.69, 9.17) is 4.74 Å². The second kappa shape index (κ2) is 7.10. The first kappa shape index (κ1) is 16.0. The Bertz CT molecular complexity index is 682. The molecule has 0 spiro atoms. The molecule has 2 aromatic rings. The van der Waals surface area contributed by atoms with Gasteiger partial charge in [-0.05, 0) is 31.5 Å². The molecule has 0 radical (unpaired) electrons. The number of fused-ring (bicyclic) bond motifs is 1. The number of methoxy groups -OCH3 is 1. The summed E-state index contributed by atoms with van der Waals surface area (Å²) in [6, 6.07) is 6.05. The zero-order valence-electron chi connectivity index (χ0n) is 13.8. The number of nitrogens with zero attached hydrogens (tertiary/aromatic N) is 2. The van der Waals surface area contributed by atoms with Gasteiger partial charge in [-0.2, -0.15) is 0 Å². The molecule has 2 N–H and O–H groups in total. The molecule has 0 saturated carbocycles. The molecule has 0 aliphatic carbocycles. The van der Waals surface area contributed by atoms with Crippen molar-refractivity contribution in [3.8, 4) is 0 Å². The first-order valence-electron chi connectivity index (χ1n) is 8.10. The maximum absolute atomic E-state index is 12.3. The lowest BCUT2D eigenvalue weighted by atomic mass is 10.1. The lowest BCUT2D eigenvalue weighted by Gasteiger charge is -2.14. The number of hydrogen-bond donors (Lipinski definition) is 2. The minimum atomic E-state index is 0.0676. The molecule has 124 valence electrons. The van der Waals surface area contributed by atoms with Crippen LogP contribution in [0, 0.1) is 12.8 Å². The second-order valence-corrected chi connectivity index (χ2v) is 6.15. The molecule has 1 aliphatic rings. The van der Waals surface area contributed by atoms with Gasteiger partial charge in [0.15, 0.2) is 0 Å². The minimum absolute atomic E-state index is 0.0676. The van der Waals surface area contributed by atoms with Crippen LogP contribution in [0.4, 0.5) is 0 Å². The number of benzene rings is 1. The molecule has 1 aromatic carbocycles. The molecule has 6 nitrogen and oxygen atoms in total. The normalized spacial score (nSPS) is 18.6. The van der Waals surface area contributed by atoms with Gasteiger partial charge in [-0.15, -0.1) is 0 Å². The van der Waals surface area contributed by atoms with E-state index >= 15 is 0 Å². The summed E-state index contributed by atoms with van der Waals surface area (Å²) in [5, 5.41) is 3.01. The van der Waals surface area contributed by atoms with E-state index in [1.54, 1.807) is 7.11 Å². The maximum Gasteiger partial charge on any atom is 0.224 e. The Kier molecular flexibility index (Phi) is 4.93. The van der Waals surface area contributed by atoms with Crippen molar-refractivity contribution in [3.05, 3.63) is 29.6 Å². The Hall–Kier alpha value is -1.92. The summed E-state index contributed by atoms with van der Waals surface area (Å²) >= 11 is 0. The van der Waals surface area contributed by atoms with Crippen molar-refractivity contribution in [2.24, 2.45) is 5.92 Å². The molecule has 6 heteroatoms. The first-order chi connectivity index (χ1) is 11.2. The Balaban J connectivity index is 1.53. The summed E-state index contributed by atoms with van der Waals surface area (Å²) < 4.78 is 5.09. The molecule has 1 fully saturated rings.